The summed E-state index contributed by atoms with van der Waals surface area (Å²) in [6.45, 7) is 0. The van der Waals surface area contributed by atoms with Crippen molar-refractivity contribution in [3.8, 4) is 11.1 Å². The highest BCUT2D eigenvalue weighted by Gasteiger charge is 2.61. The van der Waals surface area contributed by atoms with Gasteiger partial charge in [-0.15, -0.1) is 0 Å². The Labute approximate surface area is 180 Å². The van der Waals surface area contributed by atoms with Gasteiger partial charge in [-0.3, -0.25) is 15.2 Å². The SMILES string of the molecule is CS(=O)(=O)c1ccccc1-c1ccc(C2(C(N)=O)CC2c2cccc(C(=N)N)c2)nc1. The molecule has 1 heterocycles. The number of nitrogens with one attached hydrogen (secondary N) is 1. The number of nitrogens with zero attached hydrogens (tertiary/aromatic N) is 1. The number of sulfone groups is 1. The van der Waals surface area contributed by atoms with Gasteiger partial charge < -0.3 is 11.5 Å². The Morgan fingerprint density at radius 3 is 2.45 bits per heavy atom. The monoisotopic (exact) mass is 434 g/mol. The van der Waals surface area contributed by atoms with Gasteiger partial charge in [-0.1, -0.05) is 42.5 Å². The standard InChI is InChI=1S/C23H22N4O3S/c1-31(29,30)19-8-3-2-7-17(19)16-9-10-20(27-13-16)23(22(26)28)12-18(23)14-5-4-6-15(11-14)21(24)25/h2-11,13,18H,12H2,1H3,(H3,24,25)(H2,26,28). The average Bonchev–Trinajstić information content (AvgIpc) is 3.51. The van der Waals surface area contributed by atoms with Crippen LogP contribution in [-0.2, 0) is 20.0 Å². The molecule has 2 aromatic carbocycles. The molecule has 2 atom stereocenters. The third kappa shape index (κ3) is 3.59. The van der Waals surface area contributed by atoms with E-state index in [4.69, 9.17) is 16.9 Å². The first-order chi connectivity index (χ1) is 14.6. The Morgan fingerprint density at radius 2 is 1.84 bits per heavy atom. The van der Waals surface area contributed by atoms with Gasteiger partial charge >= 0.3 is 0 Å². The minimum atomic E-state index is -3.41. The quantitative estimate of drug-likeness (QED) is 0.403. The summed E-state index contributed by atoms with van der Waals surface area (Å²) in [4.78, 5) is 17.2. The van der Waals surface area contributed by atoms with E-state index in [1.54, 1.807) is 60.8 Å². The van der Waals surface area contributed by atoms with Crippen molar-refractivity contribution in [1.29, 1.82) is 5.41 Å². The molecule has 0 aliphatic heterocycles. The lowest BCUT2D eigenvalue weighted by molar-refractivity contribution is -0.120. The molecule has 158 valence electrons. The maximum atomic E-state index is 12.5. The fraction of sp³-hybridized carbons (Fsp3) is 0.174. The number of nitrogens with two attached hydrogens (primary N) is 2. The number of carbonyl (C=O) groups is 1. The molecular formula is C23H22N4O3S. The predicted molar refractivity (Wildman–Crippen MR) is 118 cm³/mol. The van der Waals surface area contributed by atoms with Crippen LogP contribution in [0.2, 0.25) is 0 Å². The molecule has 7 nitrogen and oxygen atoms in total. The summed E-state index contributed by atoms with van der Waals surface area (Å²) >= 11 is 0. The van der Waals surface area contributed by atoms with E-state index in [1.165, 1.54) is 6.26 Å². The number of hydrogen-bond acceptors (Lipinski definition) is 5. The van der Waals surface area contributed by atoms with Gasteiger partial charge in [0, 0.05) is 35.1 Å². The van der Waals surface area contributed by atoms with Gasteiger partial charge in [0.1, 0.15) is 5.84 Å². The molecule has 2 unspecified atom stereocenters. The first-order valence-corrected chi connectivity index (χ1v) is 11.5. The second-order valence-corrected chi connectivity index (χ2v) is 9.82. The topological polar surface area (TPSA) is 140 Å². The number of amidine groups is 1. The van der Waals surface area contributed by atoms with E-state index in [0.29, 0.717) is 28.8 Å². The van der Waals surface area contributed by atoms with Gasteiger partial charge in [-0.2, -0.15) is 0 Å². The fourth-order valence-corrected chi connectivity index (χ4v) is 5.03. The van der Waals surface area contributed by atoms with Crippen LogP contribution in [0.4, 0.5) is 0 Å². The Bertz CT molecular complexity index is 1300. The van der Waals surface area contributed by atoms with Gasteiger partial charge in [0.15, 0.2) is 9.84 Å². The number of aromatic nitrogens is 1. The van der Waals surface area contributed by atoms with Gasteiger partial charge in [-0.05, 0) is 30.2 Å². The number of rotatable bonds is 6. The zero-order valence-electron chi connectivity index (χ0n) is 16.9. The minimum Gasteiger partial charge on any atom is -0.384 e. The Hall–Kier alpha value is -3.52. The smallest absolute Gasteiger partial charge is 0.230 e. The summed E-state index contributed by atoms with van der Waals surface area (Å²) in [5, 5.41) is 7.64. The Morgan fingerprint density at radius 1 is 1.10 bits per heavy atom. The third-order valence-electron chi connectivity index (χ3n) is 5.82. The highest BCUT2D eigenvalue weighted by Crippen LogP contribution is 2.60. The molecule has 1 saturated carbocycles. The fourth-order valence-electron chi connectivity index (χ4n) is 4.12. The van der Waals surface area contributed by atoms with E-state index >= 15 is 0 Å². The summed E-state index contributed by atoms with van der Waals surface area (Å²) in [5.41, 5.74) is 13.6. The van der Waals surface area contributed by atoms with Crippen molar-refractivity contribution in [3.63, 3.8) is 0 Å². The molecule has 1 amide bonds. The lowest BCUT2D eigenvalue weighted by Gasteiger charge is -2.15. The molecule has 1 aliphatic carbocycles. The number of nitrogen functional groups attached to an aromatic ring is 1. The second kappa shape index (κ2) is 7.31. The van der Waals surface area contributed by atoms with Crippen molar-refractivity contribution in [2.75, 3.05) is 6.26 Å². The number of carbonyl (C=O) groups excluding carboxylic acids is 1. The lowest BCUT2D eigenvalue weighted by Crippen LogP contribution is -2.31. The van der Waals surface area contributed by atoms with Crippen LogP contribution in [0.5, 0.6) is 0 Å². The minimum absolute atomic E-state index is 0.0424. The molecule has 0 saturated heterocycles. The number of amides is 1. The molecule has 4 rings (SSSR count). The van der Waals surface area contributed by atoms with E-state index in [1.807, 2.05) is 6.07 Å². The Balaban J connectivity index is 1.71. The van der Waals surface area contributed by atoms with Crippen LogP contribution in [-0.4, -0.2) is 31.4 Å². The number of benzene rings is 2. The second-order valence-electron chi connectivity index (χ2n) is 7.83. The number of hydrogen-bond donors (Lipinski definition) is 3. The summed E-state index contributed by atoms with van der Waals surface area (Å²) in [7, 11) is -3.41. The molecule has 1 aliphatic rings. The van der Waals surface area contributed by atoms with Crippen LogP contribution >= 0.6 is 0 Å². The third-order valence-corrected chi connectivity index (χ3v) is 6.97. The Kier molecular flexibility index (Phi) is 4.89. The number of pyridine rings is 1. The van der Waals surface area contributed by atoms with Crippen LogP contribution in [0.25, 0.3) is 11.1 Å². The maximum Gasteiger partial charge on any atom is 0.230 e. The number of primary amides is 1. The van der Waals surface area contributed by atoms with E-state index in [2.05, 4.69) is 4.98 Å². The molecular weight excluding hydrogens is 412 g/mol. The molecule has 0 bridgehead atoms. The van der Waals surface area contributed by atoms with Crippen molar-refractivity contribution in [2.45, 2.75) is 22.6 Å². The normalized spacial score (nSPS) is 20.2. The maximum absolute atomic E-state index is 12.5. The van der Waals surface area contributed by atoms with Crippen molar-refractivity contribution < 1.29 is 13.2 Å². The van der Waals surface area contributed by atoms with Crippen molar-refractivity contribution >= 4 is 21.6 Å². The summed E-state index contributed by atoms with van der Waals surface area (Å²) < 4.78 is 24.2. The molecule has 8 heteroatoms. The van der Waals surface area contributed by atoms with Crippen molar-refractivity contribution in [1.82, 2.24) is 4.98 Å². The largest absolute Gasteiger partial charge is 0.384 e. The molecule has 0 radical (unpaired) electrons. The predicted octanol–water partition coefficient (Wildman–Crippen LogP) is 2.35. The average molecular weight is 435 g/mol. The van der Waals surface area contributed by atoms with Crippen LogP contribution in [0.15, 0.2) is 71.8 Å². The van der Waals surface area contributed by atoms with E-state index in [0.717, 1.165) is 5.56 Å². The lowest BCUT2D eigenvalue weighted by atomic mass is 9.92. The first kappa shape index (κ1) is 20.7. The van der Waals surface area contributed by atoms with Gasteiger partial charge in [0.25, 0.3) is 0 Å². The summed E-state index contributed by atoms with van der Waals surface area (Å²) in [5.74, 6) is -0.673. The van der Waals surface area contributed by atoms with Gasteiger partial charge in [0.2, 0.25) is 5.91 Å². The highest BCUT2D eigenvalue weighted by atomic mass is 32.2. The van der Waals surface area contributed by atoms with Crippen molar-refractivity contribution in [3.05, 3.63) is 83.7 Å². The molecule has 5 N–H and O–H groups in total. The zero-order valence-corrected chi connectivity index (χ0v) is 17.7. The zero-order chi connectivity index (χ0) is 22.4. The van der Waals surface area contributed by atoms with E-state index < -0.39 is 21.2 Å². The summed E-state index contributed by atoms with van der Waals surface area (Å²) in [6.07, 6.45) is 3.25. The van der Waals surface area contributed by atoms with Crippen LogP contribution in [0.1, 0.15) is 29.2 Å². The molecule has 0 spiro atoms. The molecule has 31 heavy (non-hydrogen) atoms. The first-order valence-electron chi connectivity index (χ1n) is 9.65. The van der Waals surface area contributed by atoms with Crippen molar-refractivity contribution in [2.24, 2.45) is 11.5 Å². The summed E-state index contributed by atoms with van der Waals surface area (Å²) in [6, 6.07) is 17.4. The highest BCUT2D eigenvalue weighted by molar-refractivity contribution is 7.90. The van der Waals surface area contributed by atoms with Crippen LogP contribution in [0, 0.1) is 5.41 Å². The molecule has 3 aromatic rings. The van der Waals surface area contributed by atoms with E-state index in [9.17, 15) is 13.2 Å². The van der Waals surface area contributed by atoms with Gasteiger partial charge in [-0.25, -0.2) is 8.42 Å². The molecule has 1 fully saturated rings. The molecule has 1 aromatic heterocycles. The van der Waals surface area contributed by atoms with Crippen LogP contribution in [0.3, 0.4) is 0 Å². The van der Waals surface area contributed by atoms with E-state index in [-0.39, 0.29) is 16.6 Å². The van der Waals surface area contributed by atoms with Gasteiger partial charge in [0.05, 0.1) is 16.0 Å². The van der Waals surface area contributed by atoms with Crippen LogP contribution < -0.4 is 11.5 Å².